The Morgan fingerprint density at radius 3 is 2.55 bits per heavy atom. The van der Waals surface area contributed by atoms with Crippen molar-refractivity contribution >= 4 is 41.1 Å². The van der Waals surface area contributed by atoms with E-state index in [1.54, 1.807) is 6.08 Å². The maximum atomic E-state index is 14.3. The lowest BCUT2D eigenvalue weighted by Crippen LogP contribution is -2.22. The van der Waals surface area contributed by atoms with Gasteiger partial charge < -0.3 is 5.32 Å². The molecule has 9 heteroatoms. The van der Waals surface area contributed by atoms with Crippen LogP contribution < -0.4 is 15.6 Å². The number of pyridine rings is 1. The smallest absolute Gasteiger partial charge is 0.244 e. The van der Waals surface area contributed by atoms with Gasteiger partial charge in [0.15, 0.2) is 7.85 Å². The summed E-state index contributed by atoms with van der Waals surface area (Å²) in [6, 6.07) is 6.41. The van der Waals surface area contributed by atoms with Crippen molar-refractivity contribution in [2.24, 2.45) is 0 Å². The molecule has 31 heavy (non-hydrogen) atoms. The highest BCUT2D eigenvalue weighted by Crippen LogP contribution is 2.23. The summed E-state index contributed by atoms with van der Waals surface area (Å²) >= 11 is 0. The lowest BCUT2D eigenvalue weighted by molar-refractivity contribution is -0.116. The van der Waals surface area contributed by atoms with Crippen molar-refractivity contribution in [2.45, 2.75) is 32.7 Å². The molecule has 2 N–H and O–H groups in total. The summed E-state index contributed by atoms with van der Waals surface area (Å²) in [5.41, 5.74) is 2.69. The number of aromatic nitrogens is 1. The molecule has 0 saturated heterocycles. The van der Waals surface area contributed by atoms with Crippen LogP contribution >= 0.6 is 0 Å². The molecule has 0 spiro atoms. The predicted octanol–water partition coefficient (Wildman–Crippen LogP) is 1.46. The van der Waals surface area contributed by atoms with Gasteiger partial charge in [0.2, 0.25) is 15.9 Å². The number of nitrogens with zero attached hydrogens (tertiary/aromatic N) is 1. The number of amides is 1. The zero-order valence-electron chi connectivity index (χ0n) is 18.2. The second kappa shape index (κ2) is 9.35. The van der Waals surface area contributed by atoms with E-state index in [0.717, 1.165) is 29.2 Å². The number of benzene rings is 1. The molecule has 0 aliphatic carbocycles. The number of hydrogen-bond acceptors (Lipinski definition) is 4. The van der Waals surface area contributed by atoms with Crippen molar-refractivity contribution in [3.63, 3.8) is 0 Å². The zero-order chi connectivity index (χ0) is 23.4. The fraction of sp³-hybridized carbons (Fsp3) is 0.273. The molecule has 1 aromatic carbocycles. The summed E-state index contributed by atoms with van der Waals surface area (Å²) < 4.78 is 39.2. The molecule has 0 fully saturated rings. The zero-order valence-corrected chi connectivity index (χ0v) is 19.0. The molecule has 0 atom stereocenters. The van der Waals surface area contributed by atoms with Crippen molar-refractivity contribution in [1.29, 1.82) is 0 Å². The maximum Gasteiger partial charge on any atom is 0.244 e. The summed E-state index contributed by atoms with van der Waals surface area (Å²) in [7, 11) is -1.81. The van der Waals surface area contributed by atoms with E-state index in [1.807, 2.05) is 20.0 Å². The van der Waals surface area contributed by atoms with Crippen molar-refractivity contribution in [3.05, 3.63) is 58.5 Å². The number of hydrogen-bond donors (Lipinski definition) is 2. The number of anilines is 1. The van der Waals surface area contributed by atoms with Gasteiger partial charge in [0, 0.05) is 29.3 Å². The van der Waals surface area contributed by atoms with E-state index in [0.29, 0.717) is 5.56 Å². The number of halogens is 1. The molecular weight excluding hydrogens is 416 g/mol. The first kappa shape index (κ1) is 24.2. The molecular formula is C22H25BFN3O3S. The number of carbonyl (C=O) groups is 1. The number of sulfonamides is 1. The van der Waals surface area contributed by atoms with E-state index < -0.39 is 15.8 Å². The highest BCUT2D eigenvalue weighted by molar-refractivity contribution is 7.92. The van der Waals surface area contributed by atoms with E-state index in [4.69, 9.17) is 6.42 Å². The van der Waals surface area contributed by atoms with Gasteiger partial charge in [-0.25, -0.2) is 12.8 Å². The monoisotopic (exact) mass is 441 g/mol. The molecule has 0 saturated carbocycles. The van der Waals surface area contributed by atoms with Crippen LogP contribution in [0.5, 0.6) is 0 Å². The van der Waals surface area contributed by atoms with E-state index in [1.165, 1.54) is 12.1 Å². The molecule has 1 amide bonds. The maximum absolute atomic E-state index is 14.3. The Morgan fingerprint density at radius 1 is 1.32 bits per heavy atom. The van der Waals surface area contributed by atoms with Gasteiger partial charge >= 0.3 is 0 Å². The van der Waals surface area contributed by atoms with E-state index in [9.17, 15) is 17.6 Å². The molecule has 6 nitrogen and oxygen atoms in total. The quantitative estimate of drug-likeness (QED) is 0.404. The summed E-state index contributed by atoms with van der Waals surface area (Å²) in [6.45, 7) is 6.26. The summed E-state index contributed by atoms with van der Waals surface area (Å²) in [5.74, 6) is 1.06. The van der Waals surface area contributed by atoms with Gasteiger partial charge in [-0.2, -0.15) is 0 Å². The Kier molecular flexibility index (Phi) is 7.29. The Hall–Kier alpha value is -3.12. The van der Waals surface area contributed by atoms with E-state index >= 15 is 0 Å². The minimum atomic E-state index is -3.69. The minimum absolute atomic E-state index is 0.0219. The number of terminal acetylenes is 1. The van der Waals surface area contributed by atoms with Crippen LogP contribution in [0.25, 0.3) is 6.08 Å². The molecule has 2 aromatic rings. The van der Waals surface area contributed by atoms with Gasteiger partial charge in [-0.15, -0.1) is 6.42 Å². The van der Waals surface area contributed by atoms with Gasteiger partial charge in [0.25, 0.3) is 0 Å². The third-order valence-electron chi connectivity index (χ3n) is 4.37. The fourth-order valence-electron chi connectivity index (χ4n) is 2.75. The molecule has 1 aromatic heterocycles. The molecule has 0 radical (unpaired) electrons. The summed E-state index contributed by atoms with van der Waals surface area (Å²) in [4.78, 5) is 16.8. The molecule has 0 bridgehead atoms. The Labute approximate surface area is 183 Å². The summed E-state index contributed by atoms with van der Waals surface area (Å²) in [6.07, 6.45) is 9.31. The highest BCUT2D eigenvalue weighted by Gasteiger charge is 2.16. The van der Waals surface area contributed by atoms with Crippen LogP contribution in [0, 0.1) is 18.2 Å². The average Bonchev–Trinajstić information content (AvgIpc) is 2.65. The third kappa shape index (κ3) is 6.97. The van der Waals surface area contributed by atoms with Crippen LogP contribution in [0.2, 0.25) is 0 Å². The Balaban J connectivity index is 2.09. The normalized spacial score (nSPS) is 11.9. The number of nitrogens with one attached hydrogen (secondary N) is 2. The molecule has 1 heterocycles. The standard InChI is InChI=1S/C22H25BFN3O3S/c1-6-15-11-14(12-17(24)20(15)27-31(5,29)30)13-25-19(28)10-8-16-7-9-18(22(2,3)4)26-21(16)23/h1,7-12,27H,13,23H2,2-5H3,(H,25,28)/b10-8+. The van der Waals surface area contributed by atoms with Crippen LogP contribution in [0.4, 0.5) is 10.1 Å². The lowest BCUT2D eigenvalue weighted by Gasteiger charge is -2.18. The van der Waals surface area contributed by atoms with Crippen molar-refractivity contribution in [3.8, 4) is 12.3 Å². The van der Waals surface area contributed by atoms with Crippen LogP contribution in [-0.4, -0.2) is 33.4 Å². The van der Waals surface area contributed by atoms with Crippen molar-refractivity contribution in [2.75, 3.05) is 11.0 Å². The largest absolute Gasteiger partial charge is 0.348 e. The van der Waals surface area contributed by atoms with Crippen LogP contribution in [0.3, 0.4) is 0 Å². The van der Waals surface area contributed by atoms with Gasteiger partial charge in [0.05, 0.1) is 17.5 Å². The van der Waals surface area contributed by atoms with Crippen LogP contribution in [-0.2, 0) is 26.8 Å². The Morgan fingerprint density at radius 2 is 2.00 bits per heavy atom. The first-order chi connectivity index (χ1) is 14.3. The third-order valence-corrected chi connectivity index (χ3v) is 4.94. The number of rotatable bonds is 6. The van der Waals surface area contributed by atoms with Gasteiger partial charge in [-0.1, -0.05) is 32.8 Å². The van der Waals surface area contributed by atoms with Gasteiger partial charge in [-0.05, 0) is 35.4 Å². The van der Waals surface area contributed by atoms with Crippen LogP contribution in [0.15, 0.2) is 30.3 Å². The molecule has 0 unspecified atom stereocenters. The topological polar surface area (TPSA) is 88.2 Å². The second-order valence-corrected chi connectivity index (χ2v) is 9.94. The molecule has 162 valence electrons. The summed E-state index contributed by atoms with van der Waals surface area (Å²) in [5, 5.41) is 2.65. The first-order valence-corrected chi connectivity index (χ1v) is 11.4. The molecule has 0 aliphatic heterocycles. The highest BCUT2D eigenvalue weighted by atomic mass is 32.2. The number of carbonyl (C=O) groups excluding carboxylic acids is 1. The fourth-order valence-corrected chi connectivity index (χ4v) is 3.33. The van der Waals surface area contributed by atoms with Gasteiger partial charge in [0.1, 0.15) is 5.82 Å². The molecule has 2 rings (SSSR count). The second-order valence-electron chi connectivity index (χ2n) is 8.19. The average molecular weight is 441 g/mol. The predicted molar refractivity (Wildman–Crippen MR) is 125 cm³/mol. The van der Waals surface area contributed by atoms with E-state index in [2.05, 4.69) is 41.7 Å². The van der Waals surface area contributed by atoms with E-state index in [-0.39, 0.29) is 29.1 Å². The van der Waals surface area contributed by atoms with Crippen LogP contribution in [0.1, 0.15) is 43.2 Å². The van der Waals surface area contributed by atoms with Gasteiger partial charge in [-0.3, -0.25) is 14.5 Å². The van der Waals surface area contributed by atoms with Crippen molar-refractivity contribution < 1.29 is 17.6 Å². The Bertz CT molecular complexity index is 1180. The first-order valence-electron chi connectivity index (χ1n) is 9.51. The molecule has 0 aliphatic rings. The van der Waals surface area contributed by atoms with Crippen molar-refractivity contribution in [1.82, 2.24) is 10.3 Å². The lowest BCUT2D eigenvalue weighted by atomic mass is 9.88. The SMILES string of the molecule is Bc1nc(C(C)(C)C)ccc1/C=C/C(=O)NCc1cc(F)c(NS(C)(=O)=O)c(C#C)c1. The minimum Gasteiger partial charge on any atom is -0.348 e.